The van der Waals surface area contributed by atoms with Crippen LogP contribution in [0.15, 0.2) is 36.4 Å². The SMILES string of the molecule is Cc1ccc(NC(=O)C(=O)Nc2cc(C)ccc2O)c(N)c1. The molecule has 0 saturated carbocycles. The highest BCUT2D eigenvalue weighted by atomic mass is 16.3. The number of hydrogen-bond acceptors (Lipinski definition) is 4. The van der Waals surface area contributed by atoms with Crippen molar-refractivity contribution in [1.82, 2.24) is 0 Å². The fourth-order valence-electron chi connectivity index (χ4n) is 1.90. The van der Waals surface area contributed by atoms with Crippen LogP contribution >= 0.6 is 0 Å². The fourth-order valence-corrected chi connectivity index (χ4v) is 1.90. The molecule has 0 aliphatic rings. The van der Waals surface area contributed by atoms with Crippen LogP contribution in [0.1, 0.15) is 11.1 Å². The third kappa shape index (κ3) is 3.54. The first-order chi connectivity index (χ1) is 10.4. The van der Waals surface area contributed by atoms with Crippen molar-refractivity contribution in [2.75, 3.05) is 16.4 Å². The molecule has 2 aromatic rings. The Morgan fingerprint density at radius 2 is 1.45 bits per heavy atom. The number of nitrogens with two attached hydrogens (primary N) is 1. The van der Waals surface area contributed by atoms with Gasteiger partial charge in [0.25, 0.3) is 0 Å². The number of carbonyl (C=O) groups is 2. The Balaban J connectivity index is 2.09. The van der Waals surface area contributed by atoms with E-state index in [4.69, 9.17) is 5.73 Å². The fraction of sp³-hybridized carbons (Fsp3) is 0.125. The van der Waals surface area contributed by atoms with E-state index in [0.29, 0.717) is 11.4 Å². The number of hydrogen-bond donors (Lipinski definition) is 4. The van der Waals surface area contributed by atoms with E-state index in [9.17, 15) is 14.7 Å². The van der Waals surface area contributed by atoms with Gasteiger partial charge in [-0.15, -0.1) is 0 Å². The van der Waals surface area contributed by atoms with Gasteiger partial charge in [-0.05, 0) is 49.2 Å². The molecule has 0 spiro atoms. The van der Waals surface area contributed by atoms with Crippen LogP contribution in [0, 0.1) is 13.8 Å². The van der Waals surface area contributed by atoms with Gasteiger partial charge in [0, 0.05) is 0 Å². The molecule has 0 heterocycles. The number of carbonyl (C=O) groups excluding carboxylic acids is 2. The van der Waals surface area contributed by atoms with Crippen molar-refractivity contribution in [3.63, 3.8) is 0 Å². The van der Waals surface area contributed by atoms with Gasteiger partial charge in [-0.3, -0.25) is 9.59 Å². The summed E-state index contributed by atoms with van der Waals surface area (Å²) in [6, 6.07) is 9.80. The number of nitrogen functional groups attached to an aromatic ring is 1. The highest BCUT2D eigenvalue weighted by Crippen LogP contribution is 2.24. The van der Waals surface area contributed by atoms with E-state index < -0.39 is 11.8 Å². The number of rotatable bonds is 2. The molecular formula is C16H17N3O3. The highest BCUT2D eigenvalue weighted by Gasteiger charge is 2.16. The second-order valence-corrected chi connectivity index (χ2v) is 5.02. The number of aryl methyl sites for hydroxylation is 2. The van der Waals surface area contributed by atoms with Gasteiger partial charge in [0.15, 0.2) is 0 Å². The first-order valence-corrected chi connectivity index (χ1v) is 6.65. The molecule has 0 unspecified atom stereocenters. The summed E-state index contributed by atoms with van der Waals surface area (Å²) in [6.07, 6.45) is 0. The summed E-state index contributed by atoms with van der Waals surface area (Å²) in [5.74, 6) is -1.86. The van der Waals surface area contributed by atoms with Crippen molar-refractivity contribution in [3.8, 4) is 5.75 Å². The van der Waals surface area contributed by atoms with Gasteiger partial charge in [-0.25, -0.2) is 0 Å². The monoisotopic (exact) mass is 299 g/mol. The summed E-state index contributed by atoms with van der Waals surface area (Å²) >= 11 is 0. The lowest BCUT2D eigenvalue weighted by atomic mass is 10.2. The van der Waals surface area contributed by atoms with E-state index in [1.165, 1.54) is 6.07 Å². The molecule has 2 aromatic carbocycles. The van der Waals surface area contributed by atoms with Crippen molar-refractivity contribution < 1.29 is 14.7 Å². The summed E-state index contributed by atoms with van der Waals surface area (Å²) in [7, 11) is 0. The molecule has 0 aromatic heterocycles. The molecular weight excluding hydrogens is 282 g/mol. The maximum atomic E-state index is 11.9. The molecule has 6 nitrogen and oxygen atoms in total. The van der Waals surface area contributed by atoms with E-state index in [0.717, 1.165) is 11.1 Å². The molecule has 0 aliphatic heterocycles. The highest BCUT2D eigenvalue weighted by molar-refractivity contribution is 6.44. The Morgan fingerprint density at radius 3 is 2.09 bits per heavy atom. The Bertz CT molecular complexity index is 741. The number of nitrogens with one attached hydrogen (secondary N) is 2. The lowest BCUT2D eigenvalue weighted by Crippen LogP contribution is -2.29. The van der Waals surface area contributed by atoms with E-state index in [2.05, 4.69) is 10.6 Å². The van der Waals surface area contributed by atoms with E-state index >= 15 is 0 Å². The molecule has 0 fully saturated rings. The Morgan fingerprint density at radius 1 is 0.909 bits per heavy atom. The number of aromatic hydroxyl groups is 1. The van der Waals surface area contributed by atoms with E-state index in [-0.39, 0.29) is 11.4 Å². The molecule has 0 radical (unpaired) electrons. The van der Waals surface area contributed by atoms with Crippen LogP contribution in [0.4, 0.5) is 17.1 Å². The normalized spacial score (nSPS) is 10.1. The number of phenolic OH excluding ortho intramolecular Hbond substituents is 1. The summed E-state index contributed by atoms with van der Waals surface area (Å²) in [4.78, 5) is 23.8. The zero-order valence-electron chi connectivity index (χ0n) is 12.3. The first kappa shape index (κ1) is 15.4. The van der Waals surface area contributed by atoms with Crippen LogP contribution in [0.3, 0.4) is 0 Å². The van der Waals surface area contributed by atoms with Crippen LogP contribution in [-0.4, -0.2) is 16.9 Å². The number of anilines is 3. The third-order valence-electron chi connectivity index (χ3n) is 3.06. The smallest absolute Gasteiger partial charge is 0.314 e. The van der Waals surface area contributed by atoms with Crippen molar-refractivity contribution in [2.24, 2.45) is 0 Å². The Labute approximate surface area is 128 Å². The molecule has 6 heteroatoms. The minimum atomic E-state index is -0.888. The Hall–Kier alpha value is -3.02. The molecule has 2 rings (SSSR count). The molecule has 5 N–H and O–H groups in total. The van der Waals surface area contributed by atoms with Gasteiger partial charge in [-0.1, -0.05) is 12.1 Å². The third-order valence-corrected chi connectivity index (χ3v) is 3.06. The van der Waals surface area contributed by atoms with Crippen LogP contribution in [0.5, 0.6) is 5.75 Å². The molecule has 0 saturated heterocycles. The summed E-state index contributed by atoms with van der Waals surface area (Å²) in [5, 5.41) is 14.5. The van der Waals surface area contributed by atoms with Gasteiger partial charge >= 0.3 is 11.8 Å². The maximum absolute atomic E-state index is 11.9. The first-order valence-electron chi connectivity index (χ1n) is 6.65. The predicted molar refractivity (Wildman–Crippen MR) is 85.7 cm³/mol. The van der Waals surface area contributed by atoms with Crippen molar-refractivity contribution in [1.29, 1.82) is 0 Å². The van der Waals surface area contributed by atoms with Crippen molar-refractivity contribution >= 4 is 28.9 Å². The average molecular weight is 299 g/mol. The second kappa shape index (κ2) is 6.17. The number of benzene rings is 2. The number of amides is 2. The van der Waals surface area contributed by atoms with Gasteiger partial charge in [-0.2, -0.15) is 0 Å². The van der Waals surface area contributed by atoms with Crippen LogP contribution in [0.2, 0.25) is 0 Å². The van der Waals surface area contributed by atoms with Crippen molar-refractivity contribution in [3.05, 3.63) is 47.5 Å². The van der Waals surface area contributed by atoms with Crippen LogP contribution in [0.25, 0.3) is 0 Å². The topological polar surface area (TPSA) is 104 Å². The molecule has 0 aliphatic carbocycles. The lowest BCUT2D eigenvalue weighted by molar-refractivity contribution is -0.133. The quantitative estimate of drug-likeness (QED) is 0.387. The zero-order valence-corrected chi connectivity index (χ0v) is 12.3. The van der Waals surface area contributed by atoms with Crippen LogP contribution < -0.4 is 16.4 Å². The average Bonchev–Trinajstić information content (AvgIpc) is 2.45. The zero-order chi connectivity index (χ0) is 16.3. The largest absolute Gasteiger partial charge is 0.506 e. The molecule has 0 atom stereocenters. The summed E-state index contributed by atoms with van der Waals surface area (Å²) in [5.41, 5.74) is 8.49. The van der Waals surface area contributed by atoms with E-state index in [1.807, 2.05) is 13.8 Å². The van der Waals surface area contributed by atoms with Gasteiger partial charge in [0.1, 0.15) is 5.75 Å². The van der Waals surface area contributed by atoms with Crippen LogP contribution in [-0.2, 0) is 9.59 Å². The minimum Gasteiger partial charge on any atom is -0.506 e. The predicted octanol–water partition coefficient (Wildman–Crippen LogP) is 2.17. The standard InChI is InChI=1S/C16H17N3O3/c1-9-3-5-12(11(17)7-9)18-15(21)16(22)19-13-8-10(2)4-6-14(13)20/h3-8,20H,17H2,1-2H3,(H,18,21)(H,19,22). The molecule has 114 valence electrons. The van der Waals surface area contributed by atoms with E-state index in [1.54, 1.807) is 30.3 Å². The van der Waals surface area contributed by atoms with Gasteiger partial charge in [0.2, 0.25) is 0 Å². The second-order valence-electron chi connectivity index (χ2n) is 5.02. The van der Waals surface area contributed by atoms with Crippen molar-refractivity contribution in [2.45, 2.75) is 13.8 Å². The lowest BCUT2D eigenvalue weighted by Gasteiger charge is -2.10. The molecule has 0 bridgehead atoms. The number of phenols is 1. The minimum absolute atomic E-state index is 0.110. The maximum Gasteiger partial charge on any atom is 0.314 e. The summed E-state index contributed by atoms with van der Waals surface area (Å²) < 4.78 is 0. The van der Waals surface area contributed by atoms with Gasteiger partial charge in [0.05, 0.1) is 17.1 Å². The molecule has 22 heavy (non-hydrogen) atoms. The summed E-state index contributed by atoms with van der Waals surface area (Å²) in [6.45, 7) is 3.68. The molecule has 2 amide bonds. The Kier molecular flexibility index (Phi) is 4.31. The van der Waals surface area contributed by atoms with Gasteiger partial charge < -0.3 is 21.5 Å².